The van der Waals surface area contributed by atoms with Crippen LogP contribution in [0.3, 0.4) is 0 Å². The van der Waals surface area contributed by atoms with Crippen LogP contribution in [0.25, 0.3) is 0 Å². The minimum Gasteiger partial charge on any atom is -0.370 e. The van der Waals surface area contributed by atoms with Gasteiger partial charge in [-0.25, -0.2) is 4.39 Å². The summed E-state index contributed by atoms with van der Waals surface area (Å²) in [6, 6.07) is 9.00. The van der Waals surface area contributed by atoms with E-state index < -0.39 is 0 Å². The maximum absolute atomic E-state index is 13.3. The van der Waals surface area contributed by atoms with E-state index in [9.17, 15) is 4.39 Å². The zero-order chi connectivity index (χ0) is 15.2. The molecule has 114 valence electrons. The summed E-state index contributed by atoms with van der Waals surface area (Å²) < 4.78 is 13.3. The number of halogens is 1. The molecule has 2 rings (SSSR count). The zero-order valence-electron chi connectivity index (χ0n) is 12.9. The first-order valence-electron chi connectivity index (χ1n) is 7.35. The highest BCUT2D eigenvalue weighted by Gasteiger charge is 2.09. The molecule has 0 spiro atoms. The van der Waals surface area contributed by atoms with E-state index in [1.54, 1.807) is 12.1 Å². The molecule has 1 aromatic heterocycles. The number of aryl methyl sites for hydroxylation is 1. The number of benzene rings is 1. The van der Waals surface area contributed by atoms with Crippen molar-refractivity contribution in [1.29, 1.82) is 0 Å². The Morgan fingerprint density at radius 2 is 2.10 bits per heavy atom. The van der Waals surface area contributed by atoms with Crippen LogP contribution in [-0.4, -0.2) is 13.6 Å². The molecule has 0 saturated heterocycles. The van der Waals surface area contributed by atoms with Crippen LogP contribution in [0.1, 0.15) is 28.7 Å². The summed E-state index contributed by atoms with van der Waals surface area (Å²) in [6.07, 6.45) is 1.15. The number of hydrogen-bond acceptors (Lipinski definition) is 3. The number of hydrogen-bond donors (Lipinski definition) is 1. The lowest BCUT2D eigenvalue weighted by Crippen LogP contribution is -2.16. The standard InChI is InChI=1S/C17H23FN2S/c1-4-8-19-11-17-9-14(13(2)21-17)12-20(3)16-7-5-6-15(18)10-16/h5-7,9-10,19H,4,8,11-12H2,1-3H3. The number of anilines is 1. The van der Waals surface area contributed by atoms with Crippen LogP contribution in [0.4, 0.5) is 10.1 Å². The van der Waals surface area contributed by atoms with Gasteiger partial charge in [0.25, 0.3) is 0 Å². The fourth-order valence-corrected chi connectivity index (χ4v) is 3.30. The van der Waals surface area contributed by atoms with Crippen molar-refractivity contribution >= 4 is 17.0 Å². The molecule has 1 N–H and O–H groups in total. The molecule has 0 radical (unpaired) electrons. The van der Waals surface area contributed by atoms with Crippen molar-refractivity contribution in [1.82, 2.24) is 5.32 Å². The van der Waals surface area contributed by atoms with Gasteiger partial charge in [-0.1, -0.05) is 13.0 Å². The summed E-state index contributed by atoms with van der Waals surface area (Å²) in [5.74, 6) is -0.189. The van der Waals surface area contributed by atoms with Crippen LogP contribution in [0.2, 0.25) is 0 Å². The van der Waals surface area contributed by atoms with Gasteiger partial charge in [-0.3, -0.25) is 0 Å². The summed E-state index contributed by atoms with van der Waals surface area (Å²) >= 11 is 1.84. The van der Waals surface area contributed by atoms with Crippen molar-refractivity contribution in [2.75, 3.05) is 18.5 Å². The molecule has 1 aromatic carbocycles. The van der Waals surface area contributed by atoms with Crippen molar-refractivity contribution in [3.63, 3.8) is 0 Å². The Kier molecular flexibility index (Phi) is 5.76. The molecular formula is C17H23FN2S. The van der Waals surface area contributed by atoms with Gasteiger partial charge in [-0.2, -0.15) is 0 Å². The van der Waals surface area contributed by atoms with Gasteiger partial charge < -0.3 is 10.2 Å². The highest BCUT2D eigenvalue weighted by Crippen LogP contribution is 2.24. The van der Waals surface area contributed by atoms with Crippen LogP contribution in [0, 0.1) is 12.7 Å². The van der Waals surface area contributed by atoms with Gasteiger partial charge in [-0.15, -0.1) is 11.3 Å². The van der Waals surface area contributed by atoms with E-state index in [4.69, 9.17) is 0 Å². The first kappa shape index (κ1) is 16.0. The van der Waals surface area contributed by atoms with E-state index >= 15 is 0 Å². The van der Waals surface area contributed by atoms with Gasteiger partial charge in [0.05, 0.1) is 0 Å². The van der Waals surface area contributed by atoms with Gasteiger partial charge in [0.1, 0.15) is 5.82 Å². The largest absolute Gasteiger partial charge is 0.370 e. The minimum absolute atomic E-state index is 0.189. The number of nitrogens with one attached hydrogen (secondary N) is 1. The number of rotatable bonds is 7. The first-order chi connectivity index (χ1) is 10.1. The topological polar surface area (TPSA) is 15.3 Å². The van der Waals surface area contributed by atoms with E-state index in [0.717, 1.165) is 31.7 Å². The Labute approximate surface area is 130 Å². The molecule has 0 aliphatic rings. The van der Waals surface area contributed by atoms with Crippen molar-refractivity contribution < 1.29 is 4.39 Å². The molecule has 0 atom stereocenters. The maximum Gasteiger partial charge on any atom is 0.125 e. The monoisotopic (exact) mass is 306 g/mol. The van der Waals surface area contributed by atoms with Crippen LogP contribution < -0.4 is 10.2 Å². The third-order valence-electron chi connectivity index (χ3n) is 3.45. The second kappa shape index (κ2) is 7.57. The fraction of sp³-hybridized carbons (Fsp3) is 0.412. The molecule has 0 unspecified atom stereocenters. The lowest BCUT2D eigenvalue weighted by molar-refractivity contribution is 0.627. The van der Waals surface area contributed by atoms with Gasteiger partial charge in [0.15, 0.2) is 0 Å². The van der Waals surface area contributed by atoms with E-state index in [0.29, 0.717) is 0 Å². The molecule has 1 heterocycles. The molecule has 0 aliphatic carbocycles. The molecule has 0 aliphatic heterocycles. The summed E-state index contributed by atoms with van der Waals surface area (Å²) in [4.78, 5) is 4.79. The molecule has 0 bridgehead atoms. The zero-order valence-corrected chi connectivity index (χ0v) is 13.8. The Morgan fingerprint density at radius 1 is 1.29 bits per heavy atom. The molecule has 4 heteroatoms. The lowest BCUT2D eigenvalue weighted by Gasteiger charge is -2.19. The summed E-state index contributed by atoms with van der Waals surface area (Å²) in [7, 11) is 2.00. The third kappa shape index (κ3) is 4.55. The summed E-state index contributed by atoms with van der Waals surface area (Å²) in [5, 5.41) is 3.43. The average molecular weight is 306 g/mol. The first-order valence-corrected chi connectivity index (χ1v) is 8.17. The predicted molar refractivity (Wildman–Crippen MR) is 89.6 cm³/mol. The molecule has 2 nitrogen and oxygen atoms in total. The number of nitrogens with zero attached hydrogens (tertiary/aromatic N) is 1. The van der Waals surface area contributed by atoms with Crippen molar-refractivity contribution in [3.8, 4) is 0 Å². The Morgan fingerprint density at radius 3 is 2.81 bits per heavy atom. The van der Waals surface area contributed by atoms with Crippen LogP contribution in [-0.2, 0) is 13.1 Å². The normalized spacial score (nSPS) is 10.9. The lowest BCUT2D eigenvalue weighted by atomic mass is 10.2. The Bertz CT molecular complexity index is 580. The van der Waals surface area contributed by atoms with Crippen LogP contribution in [0.15, 0.2) is 30.3 Å². The summed E-state index contributed by atoms with van der Waals surface area (Å²) in [6.45, 7) is 7.12. The van der Waals surface area contributed by atoms with E-state index in [1.807, 2.05) is 24.5 Å². The van der Waals surface area contributed by atoms with Crippen molar-refractivity contribution in [2.45, 2.75) is 33.4 Å². The average Bonchev–Trinajstić information content (AvgIpc) is 2.79. The maximum atomic E-state index is 13.3. The third-order valence-corrected chi connectivity index (χ3v) is 4.55. The van der Waals surface area contributed by atoms with Crippen LogP contribution >= 0.6 is 11.3 Å². The van der Waals surface area contributed by atoms with Gasteiger partial charge in [0, 0.05) is 35.6 Å². The predicted octanol–water partition coefficient (Wildman–Crippen LogP) is 4.33. The highest BCUT2D eigenvalue weighted by atomic mass is 32.1. The van der Waals surface area contributed by atoms with Crippen molar-refractivity contribution in [3.05, 3.63) is 51.5 Å². The van der Waals surface area contributed by atoms with E-state index in [-0.39, 0.29) is 5.82 Å². The van der Waals surface area contributed by atoms with E-state index in [1.165, 1.54) is 21.4 Å². The molecule has 21 heavy (non-hydrogen) atoms. The SMILES string of the molecule is CCCNCc1cc(CN(C)c2cccc(F)c2)c(C)s1. The van der Waals surface area contributed by atoms with Crippen LogP contribution in [0.5, 0.6) is 0 Å². The molecule has 0 saturated carbocycles. The number of thiophene rings is 1. The summed E-state index contributed by atoms with van der Waals surface area (Å²) in [5.41, 5.74) is 2.23. The van der Waals surface area contributed by atoms with Gasteiger partial charge in [0.2, 0.25) is 0 Å². The Hall–Kier alpha value is -1.39. The fourth-order valence-electron chi connectivity index (χ4n) is 2.28. The minimum atomic E-state index is -0.189. The molecule has 0 fully saturated rings. The van der Waals surface area contributed by atoms with Gasteiger partial charge in [-0.05, 0) is 49.7 Å². The second-order valence-corrected chi connectivity index (χ2v) is 6.65. The second-order valence-electron chi connectivity index (χ2n) is 5.31. The molecule has 0 amide bonds. The quantitative estimate of drug-likeness (QED) is 0.766. The Balaban J connectivity index is 2.02. The smallest absolute Gasteiger partial charge is 0.125 e. The molecule has 2 aromatic rings. The van der Waals surface area contributed by atoms with Gasteiger partial charge >= 0.3 is 0 Å². The highest BCUT2D eigenvalue weighted by molar-refractivity contribution is 7.12. The van der Waals surface area contributed by atoms with Crippen molar-refractivity contribution in [2.24, 2.45) is 0 Å². The molecular weight excluding hydrogens is 283 g/mol. The van der Waals surface area contributed by atoms with E-state index in [2.05, 4.69) is 30.1 Å².